The van der Waals surface area contributed by atoms with Crippen LogP contribution in [0.2, 0.25) is 0 Å². The van der Waals surface area contributed by atoms with Crippen molar-refractivity contribution in [3.05, 3.63) is 56.5 Å². The average molecular weight is 469 g/mol. The molecule has 0 aromatic heterocycles. The maximum atomic E-state index is 12.1. The van der Waals surface area contributed by atoms with Gasteiger partial charge in [0.1, 0.15) is 5.75 Å². The van der Waals surface area contributed by atoms with Crippen LogP contribution in [0, 0.1) is 0 Å². The maximum Gasteiger partial charge on any atom is 0.271 e. The third-order valence-electron chi connectivity index (χ3n) is 3.68. The highest BCUT2D eigenvalue weighted by molar-refractivity contribution is 9.11. The highest BCUT2D eigenvalue weighted by atomic mass is 79.9. The van der Waals surface area contributed by atoms with Crippen LogP contribution in [0.1, 0.15) is 29.8 Å². The van der Waals surface area contributed by atoms with Gasteiger partial charge in [-0.25, -0.2) is 5.43 Å². The molecule has 25 heavy (non-hydrogen) atoms. The lowest BCUT2D eigenvalue weighted by molar-refractivity contribution is 0.0955. The molecule has 0 spiro atoms. The molecule has 0 aliphatic heterocycles. The van der Waals surface area contributed by atoms with E-state index in [0.29, 0.717) is 14.5 Å². The summed E-state index contributed by atoms with van der Waals surface area (Å²) >= 11 is 6.50. The number of rotatable bonds is 6. The highest BCUT2D eigenvalue weighted by Crippen LogP contribution is 2.32. The molecule has 0 unspecified atom stereocenters. The SMILES string of the molecule is CCN(CC)c1ccc(C(=O)N/N=C/c2cc(Br)c(O)c(Br)c2)cc1. The second kappa shape index (κ2) is 9.01. The average Bonchev–Trinajstić information content (AvgIpc) is 2.61. The number of amides is 1. The zero-order chi connectivity index (χ0) is 18.4. The molecule has 0 radical (unpaired) electrons. The van der Waals surface area contributed by atoms with Gasteiger partial charge in [0.15, 0.2) is 0 Å². The topological polar surface area (TPSA) is 64.9 Å². The molecule has 2 aromatic rings. The summed E-state index contributed by atoms with van der Waals surface area (Å²) in [7, 11) is 0. The lowest BCUT2D eigenvalue weighted by Gasteiger charge is -2.20. The first kappa shape index (κ1) is 19.5. The van der Waals surface area contributed by atoms with Crippen LogP contribution in [-0.2, 0) is 0 Å². The molecule has 0 saturated heterocycles. The fourth-order valence-corrected chi connectivity index (χ4v) is 3.52. The summed E-state index contributed by atoms with van der Waals surface area (Å²) in [6.45, 7) is 6.03. The summed E-state index contributed by atoms with van der Waals surface area (Å²) in [5.74, 6) is -0.159. The molecule has 132 valence electrons. The number of hydrazone groups is 1. The van der Waals surface area contributed by atoms with E-state index in [9.17, 15) is 9.90 Å². The van der Waals surface area contributed by atoms with E-state index in [1.165, 1.54) is 6.21 Å². The van der Waals surface area contributed by atoms with Crippen LogP contribution in [-0.4, -0.2) is 30.3 Å². The van der Waals surface area contributed by atoms with E-state index >= 15 is 0 Å². The lowest BCUT2D eigenvalue weighted by atomic mass is 10.2. The number of hydrogen-bond acceptors (Lipinski definition) is 4. The molecule has 7 heteroatoms. The number of nitrogens with zero attached hydrogens (tertiary/aromatic N) is 2. The monoisotopic (exact) mass is 467 g/mol. The molecule has 0 aliphatic carbocycles. The Balaban J connectivity index is 2.02. The van der Waals surface area contributed by atoms with Crippen molar-refractivity contribution in [1.82, 2.24) is 5.43 Å². The maximum absolute atomic E-state index is 12.1. The van der Waals surface area contributed by atoms with E-state index in [-0.39, 0.29) is 11.7 Å². The zero-order valence-electron chi connectivity index (χ0n) is 14.0. The van der Waals surface area contributed by atoms with Gasteiger partial charge in [0.05, 0.1) is 15.2 Å². The molecule has 2 aromatic carbocycles. The predicted molar refractivity (Wildman–Crippen MR) is 109 cm³/mol. The van der Waals surface area contributed by atoms with E-state index in [0.717, 1.165) is 24.3 Å². The van der Waals surface area contributed by atoms with Gasteiger partial charge in [0, 0.05) is 24.3 Å². The number of nitrogens with one attached hydrogen (secondary N) is 1. The van der Waals surface area contributed by atoms with Gasteiger partial charge in [-0.05, 0) is 87.7 Å². The predicted octanol–water partition coefficient (Wildman–Crippen LogP) is 4.53. The fraction of sp³-hybridized carbons (Fsp3) is 0.222. The zero-order valence-corrected chi connectivity index (χ0v) is 17.1. The molecular formula is C18H19Br2N3O2. The molecule has 0 heterocycles. The van der Waals surface area contributed by atoms with E-state index in [2.05, 4.69) is 61.1 Å². The quantitative estimate of drug-likeness (QED) is 0.483. The van der Waals surface area contributed by atoms with Crippen LogP contribution >= 0.6 is 31.9 Å². The molecule has 0 saturated carbocycles. The van der Waals surface area contributed by atoms with Gasteiger partial charge in [-0.1, -0.05) is 0 Å². The van der Waals surface area contributed by atoms with E-state index in [1.807, 2.05) is 12.1 Å². The fourth-order valence-electron chi connectivity index (χ4n) is 2.30. The van der Waals surface area contributed by atoms with Gasteiger partial charge in [-0.2, -0.15) is 5.10 Å². The first-order valence-electron chi connectivity index (χ1n) is 7.82. The Morgan fingerprint density at radius 2 is 1.72 bits per heavy atom. The second-order valence-electron chi connectivity index (χ2n) is 5.25. The van der Waals surface area contributed by atoms with Gasteiger partial charge in [-0.15, -0.1) is 0 Å². The number of carbonyl (C=O) groups is 1. The molecule has 5 nitrogen and oxygen atoms in total. The smallest absolute Gasteiger partial charge is 0.271 e. The molecular weight excluding hydrogens is 450 g/mol. The second-order valence-corrected chi connectivity index (χ2v) is 6.96. The number of phenols is 1. The highest BCUT2D eigenvalue weighted by Gasteiger charge is 2.07. The minimum absolute atomic E-state index is 0.120. The summed E-state index contributed by atoms with van der Waals surface area (Å²) in [4.78, 5) is 14.4. The molecule has 0 aliphatic rings. The number of halogens is 2. The number of carbonyl (C=O) groups excluding carboxylic acids is 1. The van der Waals surface area contributed by atoms with Crippen LogP contribution in [0.25, 0.3) is 0 Å². The Kier molecular flexibility index (Phi) is 7.01. The summed E-state index contributed by atoms with van der Waals surface area (Å²) in [6, 6.07) is 10.8. The van der Waals surface area contributed by atoms with Crippen molar-refractivity contribution < 1.29 is 9.90 Å². The van der Waals surface area contributed by atoms with E-state index in [1.54, 1.807) is 24.3 Å². The van der Waals surface area contributed by atoms with Gasteiger partial charge in [0.2, 0.25) is 0 Å². The van der Waals surface area contributed by atoms with Crippen LogP contribution in [0.3, 0.4) is 0 Å². The third kappa shape index (κ3) is 5.06. The standard InChI is InChI=1S/C18H19Br2N3O2/c1-3-23(4-2)14-7-5-13(6-8-14)18(25)22-21-11-12-9-15(19)17(24)16(20)10-12/h5-11,24H,3-4H2,1-2H3,(H,22,25)/b21-11+. The summed E-state index contributed by atoms with van der Waals surface area (Å²) in [5, 5.41) is 13.6. The van der Waals surface area contributed by atoms with Crippen molar-refractivity contribution in [3.63, 3.8) is 0 Å². The normalized spacial score (nSPS) is 10.9. The number of aromatic hydroxyl groups is 1. The number of phenolic OH excluding ortho intramolecular Hbond substituents is 1. The van der Waals surface area contributed by atoms with E-state index < -0.39 is 0 Å². The Bertz CT molecular complexity index is 749. The van der Waals surface area contributed by atoms with Crippen LogP contribution < -0.4 is 10.3 Å². The first-order chi connectivity index (χ1) is 12.0. The first-order valence-corrected chi connectivity index (χ1v) is 9.41. The van der Waals surface area contributed by atoms with E-state index in [4.69, 9.17) is 0 Å². The number of hydrogen-bond donors (Lipinski definition) is 2. The van der Waals surface area contributed by atoms with Crippen molar-refractivity contribution in [3.8, 4) is 5.75 Å². The van der Waals surface area contributed by atoms with Crippen molar-refractivity contribution in [2.45, 2.75) is 13.8 Å². The minimum atomic E-state index is -0.278. The molecule has 0 bridgehead atoms. The summed E-state index contributed by atoms with van der Waals surface area (Å²) in [5.41, 5.74) is 4.86. The summed E-state index contributed by atoms with van der Waals surface area (Å²) < 4.78 is 1.09. The number of anilines is 1. The molecule has 2 rings (SSSR count). The third-order valence-corrected chi connectivity index (χ3v) is 4.89. The number of benzene rings is 2. The van der Waals surface area contributed by atoms with Crippen molar-refractivity contribution in [1.29, 1.82) is 0 Å². The van der Waals surface area contributed by atoms with Crippen molar-refractivity contribution in [2.24, 2.45) is 5.10 Å². The lowest BCUT2D eigenvalue weighted by Crippen LogP contribution is -2.22. The largest absolute Gasteiger partial charge is 0.506 e. The molecule has 0 fully saturated rings. The van der Waals surface area contributed by atoms with Gasteiger partial charge in [-0.3, -0.25) is 4.79 Å². The Morgan fingerprint density at radius 3 is 2.24 bits per heavy atom. The Hall–Kier alpha value is -1.86. The molecule has 2 N–H and O–H groups in total. The molecule has 0 atom stereocenters. The summed E-state index contributed by atoms with van der Waals surface area (Å²) in [6.07, 6.45) is 1.51. The van der Waals surface area contributed by atoms with Crippen LogP contribution in [0.4, 0.5) is 5.69 Å². The molecule has 1 amide bonds. The Morgan fingerprint density at radius 1 is 1.16 bits per heavy atom. The van der Waals surface area contributed by atoms with Crippen LogP contribution in [0.5, 0.6) is 5.75 Å². The van der Waals surface area contributed by atoms with Gasteiger partial charge in [0.25, 0.3) is 5.91 Å². The van der Waals surface area contributed by atoms with Crippen LogP contribution in [0.15, 0.2) is 50.4 Å². The van der Waals surface area contributed by atoms with Crippen molar-refractivity contribution >= 4 is 49.7 Å². The van der Waals surface area contributed by atoms with Gasteiger partial charge >= 0.3 is 0 Å². The Labute approximate surface area is 164 Å². The van der Waals surface area contributed by atoms with Gasteiger partial charge < -0.3 is 10.0 Å². The minimum Gasteiger partial charge on any atom is -0.506 e. The van der Waals surface area contributed by atoms with Crippen molar-refractivity contribution in [2.75, 3.05) is 18.0 Å².